The Morgan fingerprint density at radius 1 is 1.44 bits per heavy atom. The van der Waals surface area contributed by atoms with Gasteiger partial charge in [0.05, 0.1) is 24.7 Å². The van der Waals surface area contributed by atoms with Crippen LogP contribution in [0.5, 0.6) is 5.75 Å². The molecule has 6 heteroatoms. The summed E-state index contributed by atoms with van der Waals surface area (Å²) in [5, 5.41) is 0. The van der Waals surface area contributed by atoms with Gasteiger partial charge in [-0.05, 0) is 18.6 Å². The van der Waals surface area contributed by atoms with Gasteiger partial charge in [0.1, 0.15) is 5.75 Å². The number of anilines is 2. The van der Waals surface area contributed by atoms with Gasteiger partial charge in [-0.15, -0.1) is 0 Å². The highest BCUT2D eigenvalue weighted by molar-refractivity contribution is 7.92. The topological polar surface area (TPSA) is 72.6 Å². The Morgan fingerprint density at radius 2 is 2.12 bits per heavy atom. The monoisotopic (exact) mass is 242 g/mol. The maximum absolute atomic E-state index is 11.6. The fourth-order valence-corrected chi connectivity index (χ4v) is 2.99. The van der Waals surface area contributed by atoms with Crippen molar-refractivity contribution in [2.75, 3.05) is 29.9 Å². The molecule has 1 aliphatic heterocycles. The number of sulfonamides is 1. The lowest BCUT2D eigenvalue weighted by atomic mass is 10.1. The lowest BCUT2D eigenvalue weighted by Crippen LogP contribution is -2.28. The van der Waals surface area contributed by atoms with Crippen LogP contribution in [-0.2, 0) is 16.4 Å². The van der Waals surface area contributed by atoms with Crippen molar-refractivity contribution < 1.29 is 13.2 Å². The lowest BCUT2D eigenvalue weighted by molar-refractivity contribution is 0.411. The summed E-state index contributed by atoms with van der Waals surface area (Å²) in [5.41, 5.74) is 7.73. The van der Waals surface area contributed by atoms with Gasteiger partial charge in [-0.25, -0.2) is 8.42 Å². The first kappa shape index (κ1) is 11.1. The zero-order chi connectivity index (χ0) is 11.9. The Labute approximate surface area is 94.9 Å². The van der Waals surface area contributed by atoms with Gasteiger partial charge in [-0.3, -0.25) is 4.31 Å². The number of rotatable bonds is 2. The standard InChI is InChI=1S/C10H14N2O3S/c1-15-9-4-3-8(11)10-7(9)5-6-12(10)16(2,13)14/h3-4H,5-6,11H2,1-2H3. The van der Waals surface area contributed by atoms with E-state index in [1.165, 1.54) is 10.6 Å². The van der Waals surface area contributed by atoms with Crippen LogP contribution in [0, 0.1) is 0 Å². The molecule has 88 valence electrons. The number of nitrogens with zero attached hydrogens (tertiary/aromatic N) is 1. The van der Waals surface area contributed by atoms with Crippen molar-refractivity contribution >= 4 is 21.4 Å². The van der Waals surface area contributed by atoms with Crippen molar-refractivity contribution in [3.05, 3.63) is 17.7 Å². The summed E-state index contributed by atoms with van der Waals surface area (Å²) in [7, 11) is -1.70. The number of benzene rings is 1. The van der Waals surface area contributed by atoms with E-state index >= 15 is 0 Å². The Morgan fingerprint density at radius 3 is 2.69 bits per heavy atom. The minimum atomic E-state index is -3.27. The van der Waals surface area contributed by atoms with Crippen LogP contribution in [0.2, 0.25) is 0 Å². The fraction of sp³-hybridized carbons (Fsp3) is 0.400. The van der Waals surface area contributed by atoms with Crippen molar-refractivity contribution in [2.24, 2.45) is 0 Å². The average Bonchev–Trinajstić information content (AvgIpc) is 2.63. The molecule has 0 aromatic heterocycles. The van der Waals surface area contributed by atoms with Gasteiger partial charge in [0.2, 0.25) is 10.0 Å². The van der Waals surface area contributed by atoms with Gasteiger partial charge in [-0.2, -0.15) is 0 Å². The minimum Gasteiger partial charge on any atom is -0.496 e. The molecule has 0 unspecified atom stereocenters. The van der Waals surface area contributed by atoms with Crippen LogP contribution in [0.3, 0.4) is 0 Å². The Balaban J connectivity index is 2.63. The molecule has 0 bridgehead atoms. The Bertz CT molecular complexity index is 525. The largest absolute Gasteiger partial charge is 0.496 e. The second kappa shape index (κ2) is 3.55. The molecule has 0 aliphatic carbocycles. The summed E-state index contributed by atoms with van der Waals surface area (Å²) in [6.07, 6.45) is 1.82. The van der Waals surface area contributed by atoms with E-state index in [1.54, 1.807) is 19.2 Å². The molecule has 0 fully saturated rings. The average molecular weight is 242 g/mol. The van der Waals surface area contributed by atoms with Crippen LogP contribution in [0.15, 0.2) is 12.1 Å². The van der Waals surface area contributed by atoms with Gasteiger partial charge >= 0.3 is 0 Å². The first-order chi connectivity index (χ1) is 7.45. The number of ether oxygens (including phenoxy) is 1. The van der Waals surface area contributed by atoms with Gasteiger partial charge in [0, 0.05) is 12.1 Å². The first-order valence-electron chi connectivity index (χ1n) is 4.88. The van der Waals surface area contributed by atoms with Gasteiger partial charge in [0.15, 0.2) is 0 Å². The molecule has 0 amide bonds. The molecule has 0 saturated carbocycles. The van der Waals surface area contributed by atoms with Crippen molar-refractivity contribution in [3.8, 4) is 5.75 Å². The van der Waals surface area contributed by atoms with Crippen LogP contribution >= 0.6 is 0 Å². The summed E-state index contributed by atoms with van der Waals surface area (Å²) in [5.74, 6) is 0.690. The lowest BCUT2D eigenvalue weighted by Gasteiger charge is -2.18. The van der Waals surface area contributed by atoms with E-state index in [1.807, 2.05) is 0 Å². The highest BCUT2D eigenvalue weighted by Crippen LogP contribution is 2.40. The second-order valence-corrected chi connectivity index (χ2v) is 5.68. The smallest absolute Gasteiger partial charge is 0.232 e. The molecule has 1 aromatic carbocycles. The summed E-state index contributed by atoms with van der Waals surface area (Å²) < 4.78 is 29.7. The molecular formula is C10H14N2O3S. The van der Waals surface area contributed by atoms with Gasteiger partial charge in [0.25, 0.3) is 0 Å². The van der Waals surface area contributed by atoms with Crippen LogP contribution in [0.25, 0.3) is 0 Å². The molecule has 16 heavy (non-hydrogen) atoms. The minimum absolute atomic E-state index is 0.429. The Kier molecular flexibility index (Phi) is 2.46. The predicted octanol–water partition coefficient (Wildman–Crippen LogP) is 0.600. The molecule has 1 aliphatic rings. The van der Waals surface area contributed by atoms with Crippen LogP contribution in [-0.4, -0.2) is 28.3 Å². The zero-order valence-electron chi connectivity index (χ0n) is 9.23. The van der Waals surface area contributed by atoms with Crippen molar-refractivity contribution in [2.45, 2.75) is 6.42 Å². The maximum atomic E-state index is 11.6. The van der Waals surface area contributed by atoms with E-state index in [2.05, 4.69) is 0 Å². The maximum Gasteiger partial charge on any atom is 0.232 e. The molecule has 0 radical (unpaired) electrons. The quantitative estimate of drug-likeness (QED) is 0.771. The summed E-state index contributed by atoms with van der Waals surface area (Å²) in [4.78, 5) is 0. The normalized spacial score (nSPS) is 15.0. The molecule has 0 spiro atoms. The third-order valence-electron chi connectivity index (χ3n) is 2.71. The van der Waals surface area contributed by atoms with Gasteiger partial charge < -0.3 is 10.5 Å². The number of nitrogen functional groups attached to an aromatic ring is 1. The second-order valence-electron chi connectivity index (χ2n) is 3.77. The fourth-order valence-electron chi connectivity index (χ4n) is 2.02. The molecule has 2 rings (SSSR count). The number of fused-ring (bicyclic) bond motifs is 1. The van der Waals surface area contributed by atoms with Crippen molar-refractivity contribution in [3.63, 3.8) is 0 Å². The zero-order valence-corrected chi connectivity index (χ0v) is 10.0. The van der Waals surface area contributed by atoms with Crippen molar-refractivity contribution in [1.29, 1.82) is 0 Å². The highest BCUT2D eigenvalue weighted by Gasteiger charge is 2.30. The highest BCUT2D eigenvalue weighted by atomic mass is 32.2. The predicted molar refractivity (Wildman–Crippen MR) is 63.3 cm³/mol. The van der Waals surface area contributed by atoms with Crippen molar-refractivity contribution in [1.82, 2.24) is 0 Å². The third kappa shape index (κ3) is 1.59. The number of hydrogen-bond donors (Lipinski definition) is 1. The van der Waals surface area contributed by atoms with E-state index < -0.39 is 10.0 Å². The summed E-state index contributed by atoms with van der Waals surface area (Å²) in [6.45, 7) is 0.429. The Hall–Kier alpha value is -1.43. The van der Waals surface area contributed by atoms with Crippen LogP contribution < -0.4 is 14.8 Å². The molecular weight excluding hydrogens is 228 g/mol. The van der Waals surface area contributed by atoms with E-state index in [9.17, 15) is 8.42 Å². The first-order valence-corrected chi connectivity index (χ1v) is 6.73. The summed E-state index contributed by atoms with van der Waals surface area (Å²) in [6, 6.07) is 3.43. The molecule has 0 saturated heterocycles. The number of methoxy groups -OCH3 is 1. The van der Waals surface area contributed by atoms with Crippen LogP contribution in [0.4, 0.5) is 11.4 Å². The number of nitrogens with two attached hydrogens (primary N) is 1. The number of hydrogen-bond acceptors (Lipinski definition) is 4. The molecule has 0 atom stereocenters. The SMILES string of the molecule is COc1ccc(N)c2c1CCN2S(C)(=O)=O. The molecule has 2 N–H and O–H groups in total. The molecule has 5 nitrogen and oxygen atoms in total. The van der Waals surface area contributed by atoms with E-state index in [0.717, 1.165) is 5.56 Å². The molecule has 1 aromatic rings. The molecule has 1 heterocycles. The third-order valence-corrected chi connectivity index (χ3v) is 3.87. The van der Waals surface area contributed by atoms with Crippen LogP contribution in [0.1, 0.15) is 5.56 Å². The van der Waals surface area contributed by atoms with E-state index in [-0.39, 0.29) is 0 Å². The van der Waals surface area contributed by atoms with E-state index in [0.29, 0.717) is 30.1 Å². The summed E-state index contributed by atoms with van der Waals surface area (Å²) >= 11 is 0. The van der Waals surface area contributed by atoms with Gasteiger partial charge in [-0.1, -0.05) is 0 Å². The van der Waals surface area contributed by atoms with E-state index in [4.69, 9.17) is 10.5 Å².